The van der Waals surface area contributed by atoms with E-state index >= 15 is 0 Å². The number of piperidine rings is 1. The van der Waals surface area contributed by atoms with Crippen molar-refractivity contribution < 1.29 is 4.79 Å². The summed E-state index contributed by atoms with van der Waals surface area (Å²) in [5.74, 6) is 0.913. The van der Waals surface area contributed by atoms with Gasteiger partial charge >= 0.3 is 0 Å². The van der Waals surface area contributed by atoms with Crippen LogP contribution in [0.1, 0.15) is 31.7 Å². The molecule has 2 unspecified atom stereocenters. The highest BCUT2D eigenvalue weighted by atomic mass is 32.2. The van der Waals surface area contributed by atoms with E-state index in [1.807, 2.05) is 11.9 Å². The Kier molecular flexibility index (Phi) is 6.12. The molecule has 0 aromatic heterocycles. The molecule has 1 heterocycles. The summed E-state index contributed by atoms with van der Waals surface area (Å²) in [5.41, 5.74) is 1.19. The largest absolute Gasteiger partial charge is 0.340 e. The number of carbonyl (C=O) groups excluding carboxylic acids is 1. The van der Waals surface area contributed by atoms with E-state index in [-0.39, 0.29) is 11.9 Å². The van der Waals surface area contributed by atoms with Crippen molar-refractivity contribution in [3.05, 3.63) is 29.8 Å². The van der Waals surface area contributed by atoms with Gasteiger partial charge in [-0.1, -0.05) is 25.5 Å². The van der Waals surface area contributed by atoms with Gasteiger partial charge in [-0.2, -0.15) is 0 Å². The van der Waals surface area contributed by atoms with Crippen molar-refractivity contribution in [3.63, 3.8) is 0 Å². The Morgan fingerprint density at radius 1 is 1.38 bits per heavy atom. The van der Waals surface area contributed by atoms with E-state index in [4.69, 9.17) is 0 Å². The van der Waals surface area contributed by atoms with Gasteiger partial charge in [0.25, 0.3) is 0 Å². The predicted molar refractivity (Wildman–Crippen MR) is 89.5 cm³/mol. The van der Waals surface area contributed by atoms with Crippen LogP contribution in [0.3, 0.4) is 0 Å². The first-order valence-electron chi connectivity index (χ1n) is 7.75. The summed E-state index contributed by atoms with van der Waals surface area (Å²) < 4.78 is 0. The molecule has 1 aliphatic rings. The molecule has 0 saturated carbocycles. The summed E-state index contributed by atoms with van der Waals surface area (Å²) in [5, 5.41) is 3.37. The van der Waals surface area contributed by atoms with Gasteiger partial charge in [-0.05, 0) is 49.3 Å². The van der Waals surface area contributed by atoms with Crippen LogP contribution in [0.5, 0.6) is 0 Å². The number of amides is 1. The highest BCUT2D eigenvalue weighted by molar-refractivity contribution is 7.98. The lowest BCUT2D eigenvalue weighted by Gasteiger charge is -2.31. The molecule has 1 saturated heterocycles. The van der Waals surface area contributed by atoms with E-state index in [1.54, 1.807) is 11.8 Å². The summed E-state index contributed by atoms with van der Waals surface area (Å²) >= 11 is 1.74. The summed E-state index contributed by atoms with van der Waals surface area (Å²) in [6.07, 6.45) is 5.42. The van der Waals surface area contributed by atoms with Crippen LogP contribution >= 0.6 is 11.8 Å². The van der Waals surface area contributed by atoms with Crippen molar-refractivity contribution >= 4 is 17.7 Å². The van der Waals surface area contributed by atoms with Gasteiger partial charge in [0, 0.05) is 18.5 Å². The highest BCUT2D eigenvalue weighted by Crippen LogP contribution is 2.21. The SMILES string of the molecule is CCC1CCNC(C(=O)N(C)Cc2ccc(SC)cc2)C1. The molecule has 1 aromatic rings. The molecule has 3 nitrogen and oxygen atoms in total. The monoisotopic (exact) mass is 306 g/mol. The zero-order valence-corrected chi connectivity index (χ0v) is 14.1. The molecule has 0 radical (unpaired) electrons. The van der Waals surface area contributed by atoms with Crippen molar-refractivity contribution in [2.75, 3.05) is 19.8 Å². The second kappa shape index (κ2) is 7.85. The summed E-state index contributed by atoms with van der Waals surface area (Å²) in [7, 11) is 1.90. The third kappa shape index (κ3) is 4.48. The number of benzene rings is 1. The van der Waals surface area contributed by atoms with Crippen molar-refractivity contribution in [1.82, 2.24) is 10.2 Å². The Bertz CT molecular complexity index is 460. The third-order valence-corrected chi connectivity index (χ3v) is 5.09. The number of hydrogen-bond acceptors (Lipinski definition) is 3. The number of carbonyl (C=O) groups is 1. The lowest BCUT2D eigenvalue weighted by Crippen LogP contribution is -2.49. The maximum absolute atomic E-state index is 12.5. The summed E-state index contributed by atoms with van der Waals surface area (Å²) in [4.78, 5) is 15.7. The van der Waals surface area contributed by atoms with Gasteiger partial charge in [-0.25, -0.2) is 0 Å². The average Bonchev–Trinajstić information content (AvgIpc) is 2.54. The Labute approximate surface area is 132 Å². The zero-order chi connectivity index (χ0) is 15.2. The molecule has 1 aliphatic heterocycles. The summed E-state index contributed by atoms with van der Waals surface area (Å²) in [6, 6.07) is 8.45. The average molecular weight is 306 g/mol. The van der Waals surface area contributed by atoms with Gasteiger partial charge in [0.2, 0.25) is 5.91 Å². The Morgan fingerprint density at radius 3 is 2.71 bits per heavy atom. The first-order valence-corrected chi connectivity index (χ1v) is 8.97. The number of likely N-dealkylation sites (N-methyl/N-ethyl adjacent to an activating group) is 1. The second-order valence-electron chi connectivity index (χ2n) is 5.85. The topological polar surface area (TPSA) is 32.3 Å². The van der Waals surface area contributed by atoms with Crippen molar-refractivity contribution in [1.29, 1.82) is 0 Å². The third-order valence-electron chi connectivity index (χ3n) is 4.34. The molecular weight excluding hydrogens is 280 g/mol. The number of nitrogens with zero attached hydrogens (tertiary/aromatic N) is 1. The molecule has 0 aliphatic carbocycles. The Balaban J connectivity index is 1.92. The minimum absolute atomic E-state index is 0.000768. The van der Waals surface area contributed by atoms with E-state index in [0.717, 1.165) is 13.0 Å². The van der Waals surface area contributed by atoms with Crippen molar-refractivity contribution in [3.8, 4) is 0 Å². The number of thioether (sulfide) groups is 1. The lowest BCUT2D eigenvalue weighted by atomic mass is 9.90. The number of nitrogens with one attached hydrogen (secondary N) is 1. The minimum atomic E-state index is -0.000768. The van der Waals surface area contributed by atoms with Gasteiger partial charge in [-0.3, -0.25) is 4.79 Å². The van der Waals surface area contributed by atoms with E-state index in [2.05, 4.69) is 42.8 Å². The molecule has 21 heavy (non-hydrogen) atoms. The maximum Gasteiger partial charge on any atom is 0.239 e. The highest BCUT2D eigenvalue weighted by Gasteiger charge is 2.27. The maximum atomic E-state index is 12.5. The van der Waals surface area contributed by atoms with Crippen molar-refractivity contribution in [2.24, 2.45) is 5.92 Å². The lowest BCUT2D eigenvalue weighted by molar-refractivity contribution is -0.133. The first-order chi connectivity index (χ1) is 10.1. The standard InChI is InChI=1S/C17H26N2OS/c1-4-13-9-10-18-16(11-13)17(20)19(2)12-14-5-7-15(21-3)8-6-14/h5-8,13,16,18H,4,9-12H2,1-3H3. The molecule has 2 rings (SSSR count). The fourth-order valence-electron chi connectivity index (χ4n) is 2.90. The van der Waals surface area contributed by atoms with E-state index in [9.17, 15) is 4.79 Å². The molecule has 0 spiro atoms. The van der Waals surface area contributed by atoms with E-state index < -0.39 is 0 Å². The van der Waals surface area contributed by atoms with Crippen LogP contribution in [0, 0.1) is 5.92 Å². The predicted octanol–water partition coefficient (Wildman–Crippen LogP) is 3.15. The minimum Gasteiger partial charge on any atom is -0.340 e. The van der Waals surface area contributed by atoms with Crippen LogP contribution in [-0.4, -0.2) is 36.7 Å². The van der Waals surface area contributed by atoms with E-state index in [0.29, 0.717) is 12.5 Å². The Morgan fingerprint density at radius 2 is 2.10 bits per heavy atom. The normalized spacial score (nSPS) is 22.0. The van der Waals surface area contributed by atoms with Crippen LogP contribution in [0.4, 0.5) is 0 Å². The first kappa shape index (κ1) is 16.4. The van der Waals surface area contributed by atoms with Crippen LogP contribution in [0.25, 0.3) is 0 Å². The number of rotatable bonds is 5. The molecule has 1 aromatic carbocycles. The quantitative estimate of drug-likeness (QED) is 0.848. The smallest absolute Gasteiger partial charge is 0.239 e. The van der Waals surface area contributed by atoms with Crippen molar-refractivity contribution in [2.45, 2.75) is 43.7 Å². The van der Waals surface area contributed by atoms with Gasteiger partial charge in [-0.15, -0.1) is 11.8 Å². The fraction of sp³-hybridized carbons (Fsp3) is 0.588. The van der Waals surface area contributed by atoms with Crippen LogP contribution in [0.15, 0.2) is 29.2 Å². The Hall–Kier alpha value is -1.00. The van der Waals surface area contributed by atoms with Gasteiger partial charge in [0.15, 0.2) is 0 Å². The number of hydrogen-bond donors (Lipinski definition) is 1. The fourth-order valence-corrected chi connectivity index (χ4v) is 3.31. The zero-order valence-electron chi connectivity index (χ0n) is 13.3. The molecule has 0 bridgehead atoms. The van der Waals surface area contributed by atoms with Gasteiger partial charge < -0.3 is 10.2 Å². The molecule has 2 atom stereocenters. The molecular formula is C17H26N2OS. The van der Waals surface area contributed by atoms with Crippen LogP contribution in [0.2, 0.25) is 0 Å². The van der Waals surface area contributed by atoms with Gasteiger partial charge in [0.05, 0.1) is 6.04 Å². The summed E-state index contributed by atoms with van der Waals surface area (Å²) in [6.45, 7) is 3.86. The van der Waals surface area contributed by atoms with Crippen LogP contribution < -0.4 is 5.32 Å². The molecule has 1 N–H and O–H groups in total. The molecule has 116 valence electrons. The second-order valence-corrected chi connectivity index (χ2v) is 6.73. The molecule has 4 heteroatoms. The molecule has 1 amide bonds. The van der Waals surface area contributed by atoms with Crippen LogP contribution in [-0.2, 0) is 11.3 Å². The van der Waals surface area contributed by atoms with E-state index in [1.165, 1.54) is 23.3 Å². The molecule has 1 fully saturated rings. The van der Waals surface area contributed by atoms with Gasteiger partial charge in [0.1, 0.15) is 0 Å².